The first kappa shape index (κ1) is 28.3. The van der Waals surface area contributed by atoms with Crippen LogP contribution in [0.15, 0.2) is 48.5 Å². The fourth-order valence-corrected chi connectivity index (χ4v) is 4.13. The molecule has 11 nitrogen and oxygen atoms in total. The number of rotatable bonds is 13. The highest BCUT2D eigenvalue weighted by molar-refractivity contribution is 7.99. The molecule has 0 aliphatic heterocycles. The molecule has 0 aliphatic carbocycles. The summed E-state index contributed by atoms with van der Waals surface area (Å²) in [5.74, 6) is -3.90. The number of benzene rings is 2. The van der Waals surface area contributed by atoms with Crippen LogP contribution in [-0.2, 0) is 20.1 Å². The Balaban J connectivity index is 2.09. The SMILES string of the molecule is CC(C)[C@H](NC(=O)c1ccc(O)c([N+](=O)[O-])c1)C(=O)N[C@@H](CC(=O)O)C(=O)CSCc1ccccc1. The zero-order chi connectivity index (χ0) is 26.8. The molecule has 0 spiro atoms. The van der Waals surface area contributed by atoms with Crippen LogP contribution in [0, 0.1) is 16.0 Å². The van der Waals surface area contributed by atoms with Gasteiger partial charge in [0.15, 0.2) is 11.5 Å². The third-order valence-corrected chi connectivity index (χ3v) is 6.14. The molecule has 2 aromatic carbocycles. The number of nitro groups is 1. The van der Waals surface area contributed by atoms with Gasteiger partial charge in [-0.3, -0.25) is 29.3 Å². The molecule has 0 radical (unpaired) electrons. The quantitative estimate of drug-likeness (QED) is 0.230. The third-order valence-electron chi connectivity index (χ3n) is 5.11. The highest BCUT2D eigenvalue weighted by Gasteiger charge is 2.30. The van der Waals surface area contributed by atoms with Crippen LogP contribution in [0.4, 0.5) is 5.69 Å². The van der Waals surface area contributed by atoms with E-state index in [1.54, 1.807) is 13.8 Å². The number of carbonyl (C=O) groups excluding carboxylic acids is 3. The number of Topliss-reactive ketones (excluding diaryl/α,β-unsaturated/α-hetero) is 1. The fourth-order valence-electron chi connectivity index (χ4n) is 3.20. The molecule has 2 rings (SSSR count). The number of thioether (sulfide) groups is 1. The zero-order valence-electron chi connectivity index (χ0n) is 19.7. The molecule has 2 amide bonds. The molecule has 0 bridgehead atoms. The maximum atomic E-state index is 12.9. The van der Waals surface area contributed by atoms with E-state index in [9.17, 15) is 39.5 Å². The van der Waals surface area contributed by atoms with Gasteiger partial charge in [-0.1, -0.05) is 44.2 Å². The number of carbonyl (C=O) groups is 4. The van der Waals surface area contributed by atoms with E-state index in [-0.39, 0.29) is 11.3 Å². The van der Waals surface area contributed by atoms with Gasteiger partial charge in [0.2, 0.25) is 5.91 Å². The van der Waals surface area contributed by atoms with Crippen molar-refractivity contribution in [1.29, 1.82) is 0 Å². The van der Waals surface area contributed by atoms with Gasteiger partial charge in [-0.05, 0) is 23.6 Å². The molecule has 0 saturated heterocycles. The lowest BCUT2D eigenvalue weighted by Crippen LogP contribution is -2.54. The summed E-state index contributed by atoms with van der Waals surface area (Å²) in [5.41, 5.74) is 0.160. The molecule has 0 saturated carbocycles. The lowest BCUT2D eigenvalue weighted by Gasteiger charge is -2.24. The van der Waals surface area contributed by atoms with Crippen LogP contribution in [0.3, 0.4) is 0 Å². The van der Waals surface area contributed by atoms with Gasteiger partial charge < -0.3 is 20.8 Å². The molecule has 4 N–H and O–H groups in total. The summed E-state index contributed by atoms with van der Waals surface area (Å²) >= 11 is 1.29. The van der Waals surface area contributed by atoms with Crippen LogP contribution in [0.2, 0.25) is 0 Å². The Morgan fingerprint density at radius 3 is 2.31 bits per heavy atom. The standard InChI is InChI=1S/C24H27N3O8S/c1-14(2)22(26-23(32)16-8-9-19(28)18(10-16)27(34)35)24(33)25-17(11-21(30)31)20(29)13-36-12-15-6-4-3-5-7-15/h3-10,14,17,22,28H,11-13H2,1-2H3,(H,25,33)(H,26,32)(H,30,31)/t17-,22-/m0/s1. The maximum Gasteiger partial charge on any atom is 0.311 e. The topological polar surface area (TPSA) is 176 Å². The molecular weight excluding hydrogens is 490 g/mol. The summed E-state index contributed by atoms with van der Waals surface area (Å²) in [6.45, 7) is 3.26. The molecule has 0 heterocycles. The van der Waals surface area contributed by atoms with Gasteiger partial charge in [0, 0.05) is 17.4 Å². The second-order valence-electron chi connectivity index (χ2n) is 8.26. The summed E-state index contributed by atoms with van der Waals surface area (Å²) in [4.78, 5) is 59.8. The Morgan fingerprint density at radius 1 is 1.06 bits per heavy atom. The smallest absolute Gasteiger partial charge is 0.311 e. The minimum atomic E-state index is -1.30. The predicted octanol–water partition coefficient (Wildman–Crippen LogP) is 2.52. The van der Waals surface area contributed by atoms with Gasteiger partial charge in [-0.15, -0.1) is 11.8 Å². The summed E-state index contributed by atoms with van der Waals surface area (Å²) in [6, 6.07) is 9.95. The first-order valence-corrected chi connectivity index (χ1v) is 12.1. The number of hydrogen-bond donors (Lipinski definition) is 4. The maximum absolute atomic E-state index is 12.9. The van der Waals surface area contributed by atoms with Crippen LogP contribution >= 0.6 is 11.8 Å². The van der Waals surface area contributed by atoms with Crippen molar-refractivity contribution in [2.75, 3.05) is 5.75 Å². The van der Waals surface area contributed by atoms with Crippen molar-refractivity contribution < 1.29 is 34.3 Å². The number of nitrogens with zero attached hydrogens (tertiary/aromatic N) is 1. The van der Waals surface area contributed by atoms with Crippen LogP contribution in [-0.4, -0.2) is 56.5 Å². The van der Waals surface area contributed by atoms with Gasteiger partial charge in [0.05, 0.1) is 23.1 Å². The molecule has 2 atom stereocenters. The van der Waals surface area contributed by atoms with Gasteiger partial charge in [-0.25, -0.2) is 0 Å². The molecule has 0 unspecified atom stereocenters. The van der Waals surface area contributed by atoms with E-state index in [4.69, 9.17) is 0 Å². The predicted molar refractivity (Wildman–Crippen MR) is 133 cm³/mol. The molecular formula is C24H27N3O8S. The Bertz CT molecular complexity index is 1120. The summed E-state index contributed by atoms with van der Waals surface area (Å²) in [5, 5.41) is 34.7. The van der Waals surface area contributed by atoms with Crippen molar-refractivity contribution in [3.8, 4) is 5.75 Å². The zero-order valence-corrected chi connectivity index (χ0v) is 20.5. The van der Waals surface area contributed by atoms with Crippen molar-refractivity contribution in [1.82, 2.24) is 10.6 Å². The Labute approximate surface area is 211 Å². The molecule has 0 fully saturated rings. The second kappa shape index (κ2) is 13.2. The number of aliphatic carboxylic acids is 1. The summed E-state index contributed by atoms with van der Waals surface area (Å²) in [6.07, 6.45) is -0.626. The van der Waals surface area contributed by atoms with E-state index in [0.717, 1.165) is 23.8 Å². The number of nitrogens with one attached hydrogen (secondary N) is 2. The van der Waals surface area contributed by atoms with Crippen molar-refractivity contribution >= 4 is 41.0 Å². The van der Waals surface area contributed by atoms with Gasteiger partial charge >= 0.3 is 11.7 Å². The molecule has 192 valence electrons. The van der Waals surface area contributed by atoms with Crippen LogP contribution in [0.25, 0.3) is 0 Å². The number of ketones is 1. The van der Waals surface area contributed by atoms with E-state index < -0.39 is 64.3 Å². The van der Waals surface area contributed by atoms with E-state index in [2.05, 4.69) is 10.6 Å². The average molecular weight is 518 g/mol. The Kier molecular flexibility index (Phi) is 10.4. The van der Waals surface area contributed by atoms with Gasteiger partial charge in [0.25, 0.3) is 5.91 Å². The van der Waals surface area contributed by atoms with Crippen LogP contribution < -0.4 is 10.6 Å². The van der Waals surface area contributed by atoms with Crippen LogP contribution in [0.5, 0.6) is 5.75 Å². The van der Waals surface area contributed by atoms with Gasteiger partial charge in [-0.2, -0.15) is 0 Å². The van der Waals surface area contributed by atoms with E-state index in [0.29, 0.717) is 5.75 Å². The Morgan fingerprint density at radius 2 is 1.72 bits per heavy atom. The molecule has 12 heteroatoms. The number of phenolic OH excluding ortho intramolecular Hbond substituents is 1. The van der Waals surface area contributed by atoms with E-state index in [1.165, 1.54) is 11.8 Å². The van der Waals surface area contributed by atoms with E-state index >= 15 is 0 Å². The lowest BCUT2D eigenvalue weighted by molar-refractivity contribution is -0.385. The monoisotopic (exact) mass is 517 g/mol. The number of carboxylic acid groups (broad SMARTS) is 1. The van der Waals surface area contributed by atoms with Crippen molar-refractivity contribution in [3.05, 3.63) is 69.8 Å². The first-order valence-electron chi connectivity index (χ1n) is 10.9. The molecule has 36 heavy (non-hydrogen) atoms. The van der Waals surface area contributed by atoms with Gasteiger partial charge in [0.1, 0.15) is 6.04 Å². The number of phenols is 1. The minimum absolute atomic E-state index is 0.0248. The fraction of sp³-hybridized carbons (Fsp3) is 0.333. The number of carboxylic acids is 1. The number of aromatic hydroxyl groups is 1. The Hall–Kier alpha value is -3.93. The van der Waals surface area contributed by atoms with Crippen LogP contribution in [0.1, 0.15) is 36.2 Å². The molecule has 0 aliphatic rings. The van der Waals surface area contributed by atoms with E-state index in [1.807, 2.05) is 30.3 Å². The molecule has 0 aromatic heterocycles. The number of amides is 2. The van der Waals surface area contributed by atoms with Crippen molar-refractivity contribution in [2.24, 2.45) is 5.92 Å². The van der Waals surface area contributed by atoms with Crippen molar-refractivity contribution in [2.45, 2.75) is 38.1 Å². The number of hydrogen-bond acceptors (Lipinski definition) is 8. The summed E-state index contributed by atoms with van der Waals surface area (Å²) in [7, 11) is 0. The second-order valence-corrected chi connectivity index (χ2v) is 9.25. The minimum Gasteiger partial charge on any atom is -0.502 e. The largest absolute Gasteiger partial charge is 0.502 e. The normalized spacial score (nSPS) is 12.4. The molecule has 2 aromatic rings. The lowest BCUT2D eigenvalue weighted by atomic mass is 10.0. The first-order chi connectivity index (χ1) is 17.0. The average Bonchev–Trinajstić information content (AvgIpc) is 2.82. The highest BCUT2D eigenvalue weighted by atomic mass is 32.2. The number of nitro benzene ring substituents is 1. The third kappa shape index (κ3) is 8.38. The summed E-state index contributed by atoms with van der Waals surface area (Å²) < 4.78 is 0. The highest BCUT2D eigenvalue weighted by Crippen LogP contribution is 2.26. The van der Waals surface area contributed by atoms with Crippen molar-refractivity contribution in [3.63, 3.8) is 0 Å².